The molecule has 1 fully saturated rings. The van der Waals surface area contributed by atoms with E-state index in [1.807, 2.05) is 12.3 Å². The van der Waals surface area contributed by atoms with Crippen molar-refractivity contribution in [1.29, 1.82) is 0 Å². The molecule has 0 saturated carbocycles. The van der Waals surface area contributed by atoms with Gasteiger partial charge >= 0.3 is 0 Å². The van der Waals surface area contributed by atoms with Gasteiger partial charge in [-0.1, -0.05) is 6.07 Å². The minimum Gasteiger partial charge on any atom is -0.456 e. The summed E-state index contributed by atoms with van der Waals surface area (Å²) in [5.41, 5.74) is 9.89. The van der Waals surface area contributed by atoms with Crippen LogP contribution in [-0.2, 0) is 6.42 Å². The molecule has 2 aliphatic rings. The fourth-order valence-corrected chi connectivity index (χ4v) is 3.73. The van der Waals surface area contributed by atoms with Gasteiger partial charge in [-0.3, -0.25) is 4.99 Å². The Morgan fingerprint density at radius 2 is 2.14 bits per heavy atom. The van der Waals surface area contributed by atoms with Gasteiger partial charge in [0.2, 0.25) is 0 Å². The van der Waals surface area contributed by atoms with E-state index in [4.69, 9.17) is 10.5 Å². The molecule has 0 radical (unpaired) electrons. The van der Waals surface area contributed by atoms with Crippen molar-refractivity contribution < 1.29 is 9.13 Å². The van der Waals surface area contributed by atoms with Crippen molar-refractivity contribution in [1.82, 2.24) is 5.32 Å². The number of hydrogen-bond acceptors (Lipinski definition) is 5. The first-order valence-electron chi connectivity index (χ1n) is 10.0. The number of aliphatic imine (C=N–C) groups is 1. The van der Waals surface area contributed by atoms with Crippen LogP contribution in [0.15, 0.2) is 47.6 Å². The Kier molecular flexibility index (Phi) is 5.53. The molecule has 0 aromatic heterocycles. The van der Waals surface area contributed by atoms with Crippen LogP contribution in [0.25, 0.3) is 5.57 Å². The highest BCUT2D eigenvalue weighted by Gasteiger charge is 2.26. The third-order valence-electron chi connectivity index (χ3n) is 5.78. The van der Waals surface area contributed by atoms with Crippen molar-refractivity contribution in [3.05, 3.63) is 59.5 Å². The van der Waals surface area contributed by atoms with Crippen LogP contribution in [0.5, 0.6) is 11.5 Å². The molecule has 6 heteroatoms. The van der Waals surface area contributed by atoms with Crippen LogP contribution < -0.4 is 20.7 Å². The number of nitrogens with one attached hydrogen (secondary N) is 1. The van der Waals surface area contributed by atoms with Gasteiger partial charge < -0.3 is 20.7 Å². The first-order valence-corrected chi connectivity index (χ1v) is 10.0. The molecule has 2 aliphatic heterocycles. The summed E-state index contributed by atoms with van der Waals surface area (Å²) in [7, 11) is 2.10. The van der Waals surface area contributed by atoms with E-state index in [1.165, 1.54) is 12.1 Å². The summed E-state index contributed by atoms with van der Waals surface area (Å²) in [6.07, 6.45) is 5.29. The molecule has 2 heterocycles. The van der Waals surface area contributed by atoms with Crippen LogP contribution in [0.4, 0.5) is 10.1 Å². The number of nitrogens with zero attached hydrogens (tertiary/aromatic N) is 2. The number of nitrogens with two attached hydrogens (primary N) is 1. The van der Waals surface area contributed by atoms with Crippen molar-refractivity contribution in [3.63, 3.8) is 0 Å². The van der Waals surface area contributed by atoms with E-state index in [2.05, 4.69) is 35.2 Å². The van der Waals surface area contributed by atoms with E-state index in [9.17, 15) is 4.39 Å². The minimum atomic E-state index is -0.326. The Labute approximate surface area is 171 Å². The van der Waals surface area contributed by atoms with Gasteiger partial charge in [-0.25, -0.2) is 4.39 Å². The molecule has 2 aromatic rings. The van der Waals surface area contributed by atoms with Crippen molar-refractivity contribution in [2.24, 2.45) is 10.7 Å². The van der Waals surface area contributed by atoms with Crippen LogP contribution in [0, 0.1) is 5.82 Å². The second kappa shape index (κ2) is 8.25. The van der Waals surface area contributed by atoms with Gasteiger partial charge in [-0.15, -0.1) is 0 Å². The molecule has 2 aromatic carbocycles. The third-order valence-corrected chi connectivity index (χ3v) is 5.78. The molecule has 1 saturated heterocycles. The number of rotatable bonds is 5. The molecule has 3 N–H and O–H groups in total. The molecule has 0 aliphatic carbocycles. The van der Waals surface area contributed by atoms with E-state index < -0.39 is 0 Å². The Balaban J connectivity index is 1.78. The van der Waals surface area contributed by atoms with E-state index in [1.54, 1.807) is 18.3 Å². The number of ether oxygens (including phenoxy) is 1. The van der Waals surface area contributed by atoms with Gasteiger partial charge in [0.25, 0.3) is 0 Å². The van der Waals surface area contributed by atoms with Gasteiger partial charge in [-0.05, 0) is 44.0 Å². The van der Waals surface area contributed by atoms with Gasteiger partial charge in [0.15, 0.2) is 0 Å². The number of fused-ring (bicyclic) bond motifs is 1. The van der Waals surface area contributed by atoms with Gasteiger partial charge in [0.1, 0.15) is 17.3 Å². The SMILES string of the molecule is CC1CCc2c(ccc(C(C=NC3CNC3)=CN)c2Oc2cccc(F)c2)N1C. The zero-order chi connectivity index (χ0) is 20.4. The fourth-order valence-electron chi connectivity index (χ4n) is 3.73. The minimum absolute atomic E-state index is 0.280. The second-order valence-corrected chi connectivity index (χ2v) is 7.71. The molecular weight excluding hydrogens is 367 g/mol. The number of allylic oxidation sites excluding steroid dienone is 1. The standard InChI is InChI=1S/C23H27FN4O/c1-15-6-7-21-22(28(15)2)9-8-20(16(11-25)12-27-18-13-26-14-18)23(21)29-19-5-3-4-17(24)10-19/h3-5,8-12,15,18,26H,6-7,13-14,25H2,1-2H3. The monoisotopic (exact) mass is 394 g/mol. The predicted octanol–water partition coefficient (Wildman–Crippen LogP) is 3.73. The molecule has 0 amide bonds. The van der Waals surface area contributed by atoms with Gasteiger partial charge in [0, 0.05) is 67.0 Å². The lowest BCUT2D eigenvalue weighted by atomic mass is 9.92. The lowest BCUT2D eigenvalue weighted by Crippen LogP contribution is -2.45. The Hall–Kier alpha value is -2.86. The maximum atomic E-state index is 13.8. The summed E-state index contributed by atoms with van der Waals surface area (Å²) in [4.78, 5) is 6.88. The lowest BCUT2D eigenvalue weighted by molar-refractivity contribution is 0.449. The smallest absolute Gasteiger partial charge is 0.140 e. The summed E-state index contributed by atoms with van der Waals surface area (Å²) >= 11 is 0. The molecule has 0 spiro atoms. The molecule has 4 rings (SSSR count). The first-order chi connectivity index (χ1) is 14.1. The van der Waals surface area contributed by atoms with E-state index in [0.29, 0.717) is 11.8 Å². The normalized spacial score (nSPS) is 19.9. The maximum absolute atomic E-state index is 13.8. The third kappa shape index (κ3) is 3.98. The van der Waals surface area contributed by atoms with Crippen LogP contribution in [0.3, 0.4) is 0 Å². The van der Waals surface area contributed by atoms with E-state index in [0.717, 1.165) is 54.1 Å². The molecule has 29 heavy (non-hydrogen) atoms. The van der Waals surface area contributed by atoms with Gasteiger partial charge in [0.05, 0.1) is 6.04 Å². The zero-order valence-electron chi connectivity index (χ0n) is 16.9. The summed E-state index contributed by atoms with van der Waals surface area (Å²) in [6.45, 7) is 3.98. The van der Waals surface area contributed by atoms with Crippen molar-refractivity contribution >= 4 is 17.5 Å². The summed E-state index contributed by atoms with van der Waals surface area (Å²) in [6, 6.07) is 11.1. The Morgan fingerprint density at radius 3 is 2.83 bits per heavy atom. The molecule has 1 unspecified atom stereocenters. The number of benzene rings is 2. The highest BCUT2D eigenvalue weighted by Crippen LogP contribution is 2.42. The highest BCUT2D eigenvalue weighted by molar-refractivity contribution is 6.11. The number of halogens is 1. The van der Waals surface area contributed by atoms with Crippen molar-refractivity contribution in [2.75, 3.05) is 25.0 Å². The van der Waals surface area contributed by atoms with Crippen molar-refractivity contribution in [2.45, 2.75) is 31.8 Å². The predicted molar refractivity (Wildman–Crippen MR) is 116 cm³/mol. The van der Waals surface area contributed by atoms with Crippen molar-refractivity contribution in [3.8, 4) is 11.5 Å². The molecule has 5 nitrogen and oxygen atoms in total. The summed E-state index contributed by atoms with van der Waals surface area (Å²) < 4.78 is 20.0. The lowest BCUT2D eigenvalue weighted by Gasteiger charge is -2.35. The van der Waals surface area contributed by atoms with E-state index in [-0.39, 0.29) is 11.9 Å². The Morgan fingerprint density at radius 1 is 1.31 bits per heavy atom. The first kappa shape index (κ1) is 19.5. The van der Waals surface area contributed by atoms with Crippen LogP contribution >= 0.6 is 0 Å². The quantitative estimate of drug-likeness (QED) is 0.759. The van der Waals surface area contributed by atoms with Gasteiger partial charge in [-0.2, -0.15) is 0 Å². The van der Waals surface area contributed by atoms with E-state index >= 15 is 0 Å². The average molecular weight is 394 g/mol. The topological polar surface area (TPSA) is 62.9 Å². The second-order valence-electron chi connectivity index (χ2n) is 7.71. The fraction of sp³-hybridized carbons (Fsp3) is 0.348. The highest BCUT2D eigenvalue weighted by atomic mass is 19.1. The van der Waals surface area contributed by atoms with Crippen LogP contribution in [0.2, 0.25) is 0 Å². The van der Waals surface area contributed by atoms with Crippen LogP contribution in [-0.4, -0.2) is 38.4 Å². The Bertz CT molecular complexity index is 952. The molecule has 1 atom stereocenters. The molecular formula is C23H27FN4O. The maximum Gasteiger partial charge on any atom is 0.140 e. The molecule has 0 bridgehead atoms. The zero-order valence-corrected chi connectivity index (χ0v) is 16.9. The number of hydrogen-bond donors (Lipinski definition) is 2. The summed E-state index contributed by atoms with van der Waals surface area (Å²) in [5, 5.41) is 3.21. The number of anilines is 1. The largest absolute Gasteiger partial charge is 0.456 e. The molecule has 152 valence electrons. The summed E-state index contributed by atoms with van der Waals surface area (Å²) in [5.74, 6) is 0.868. The van der Waals surface area contributed by atoms with Crippen LogP contribution in [0.1, 0.15) is 24.5 Å². The average Bonchev–Trinajstić information content (AvgIpc) is 2.67.